The van der Waals surface area contributed by atoms with Crippen LogP contribution in [0.1, 0.15) is 32.6 Å². The molecule has 2 fully saturated rings. The minimum atomic E-state index is -0.312. The molecule has 0 bridgehead atoms. The Morgan fingerprint density at radius 2 is 2.18 bits per heavy atom. The predicted molar refractivity (Wildman–Crippen MR) is 64.4 cm³/mol. The molecule has 0 aromatic carbocycles. The fourth-order valence-electron chi connectivity index (χ4n) is 2.44. The Morgan fingerprint density at radius 1 is 1.47 bits per heavy atom. The van der Waals surface area contributed by atoms with Crippen molar-refractivity contribution in [3.05, 3.63) is 0 Å². The molecule has 2 saturated heterocycles. The molecular formula is C12H21N3O2. The van der Waals surface area contributed by atoms with E-state index in [1.807, 2.05) is 0 Å². The Bertz CT molecular complexity index is 311. The molecule has 0 unspecified atom stereocenters. The maximum Gasteiger partial charge on any atom is 0.242 e. The van der Waals surface area contributed by atoms with Crippen LogP contribution in [0.5, 0.6) is 0 Å². The number of nitrogens with one attached hydrogen (secondary N) is 3. The van der Waals surface area contributed by atoms with Crippen LogP contribution in [0.2, 0.25) is 0 Å². The lowest BCUT2D eigenvalue weighted by atomic mass is 9.81. The Kier molecular flexibility index (Phi) is 3.66. The van der Waals surface area contributed by atoms with E-state index >= 15 is 0 Å². The lowest BCUT2D eigenvalue weighted by molar-refractivity contribution is -0.126. The number of hydrogen-bond acceptors (Lipinski definition) is 3. The van der Waals surface area contributed by atoms with Gasteiger partial charge >= 0.3 is 0 Å². The monoisotopic (exact) mass is 239 g/mol. The molecule has 1 atom stereocenters. The van der Waals surface area contributed by atoms with Gasteiger partial charge in [-0.05, 0) is 37.8 Å². The molecule has 0 radical (unpaired) electrons. The maximum atomic E-state index is 11.8. The molecule has 2 aliphatic heterocycles. The minimum absolute atomic E-state index is 0.0155. The van der Waals surface area contributed by atoms with E-state index in [4.69, 9.17) is 0 Å². The van der Waals surface area contributed by atoms with Gasteiger partial charge in [0.05, 0.1) is 0 Å². The normalized spacial score (nSPS) is 27.6. The van der Waals surface area contributed by atoms with Crippen LogP contribution < -0.4 is 16.0 Å². The second-order valence-electron chi connectivity index (χ2n) is 5.44. The molecule has 96 valence electrons. The van der Waals surface area contributed by atoms with Gasteiger partial charge in [0.1, 0.15) is 6.04 Å². The first kappa shape index (κ1) is 12.4. The third kappa shape index (κ3) is 3.19. The molecule has 3 N–H and O–H groups in total. The number of hydrogen-bond donors (Lipinski definition) is 3. The molecule has 2 amide bonds. The summed E-state index contributed by atoms with van der Waals surface area (Å²) in [5.41, 5.74) is 0.198. The van der Waals surface area contributed by atoms with Gasteiger partial charge in [-0.1, -0.05) is 6.92 Å². The zero-order chi connectivity index (χ0) is 12.3. The highest BCUT2D eigenvalue weighted by Gasteiger charge is 2.30. The van der Waals surface area contributed by atoms with Gasteiger partial charge in [0.2, 0.25) is 11.8 Å². The van der Waals surface area contributed by atoms with Crippen LogP contribution in [0.3, 0.4) is 0 Å². The van der Waals surface area contributed by atoms with Crippen LogP contribution in [-0.4, -0.2) is 37.5 Å². The molecular weight excluding hydrogens is 218 g/mol. The van der Waals surface area contributed by atoms with Crippen molar-refractivity contribution < 1.29 is 9.59 Å². The van der Waals surface area contributed by atoms with Gasteiger partial charge in [-0.3, -0.25) is 9.59 Å². The van der Waals surface area contributed by atoms with E-state index in [0.29, 0.717) is 19.4 Å². The standard InChI is InChI=1S/C12H21N3O2/c1-12(4-6-13-7-5-12)8-14-11(17)9-2-3-10(16)15-9/h9,13H,2-8H2,1H3,(H,14,17)(H,15,16)/t9-/m1/s1. The van der Waals surface area contributed by atoms with Crippen LogP contribution in [0.4, 0.5) is 0 Å². The number of rotatable bonds is 3. The number of carbonyl (C=O) groups is 2. The van der Waals surface area contributed by atoms with Crippen LogP contribution in [0.25, 0.3) is 0 Å². The zero-order valence-electron chi connectivity index (χ0n) is 10.3. The molecule has 0 saturated carbocycles. The van der Waals surface area contributed by atoms with Crippen molar-refractivity contribution in [3.63, 3.8) is 0 Å². The van der Waals surface area contributed by atoms with Gasteiger partial charge in [-0.2, -0.15) is 0 Å². The SMILES string of the molecule is CC1(CNC(=O)[C@H]2CCC(=O)N2)CCNCC1. The number of carbonyl (C=O) groups excluding carboxylic acids is 2. The lowest BCUT2D eigenvalue weighted by Crippen LogP contribution is -2.47. The van der Waals surface area contributed by atoms with Gasteiger partial charge in [-0.25, -0.2) is 0 Å². The Labute approximate surface area is 102 Å². The first-order chi connectivity index (χ1) is 8.09. The van der Waals surface area contributed by atoms with Crippen molar-refractivity contribution in [2.45, 2.75) is 38.6 Å². The zero-order valence-corrected chi connectivity index (χ0v) is 10.3. The fourth-order valence-corrected chi connectivity index (χ4v) is 2.44. The van der Waals surface area contributed by atoms with Crippen molar-refractivity contribution >= 4 is 11.8 Å². The average Bonchev–Trinajstić information content (AvgIpc) is 2.74. The second kappa shape index (κ2) is 5.04. The molecule has 0 aromatic heterocycles. The topological polar surface area (TPSA) is 70.2 Å². The molecule has 0 spiro atoms. The average molecular weight is 239 g/mol. The second-order valence-corrected chi connectivity index (χ2v) is 5.44. The molecule has 0 aromatic rings. The largest absolute Gasteiger partial charge is 0.354 e. The van der Waals surface area contributed by atoms with Crippen molar-refractivity contribution in [3.8, 4) is 0 Å². The summed E-state index contributed by atoms with van der Waals surface area (Å²) in [4.78, 5) is 22.9. The van der Waals surface area contributed by atoms with E-state index < -0.39 is 0 Å². The van der Waals surface area contributed by atoms with Gasteiger partial charge < -0.3 is 16.0 Å². The quantitative estimate of drug-likeness (QED) is 0.637. The molecule has 17 heavy (non-hydrogen) atoms. The van der Waals surface area contributed by atoms with Gasteiger partial charge in [0.25, 0.3) is 0 Å². The third-order valence-electron chi connectivity index (χ3n) is 3.81. The Balaban J connectivity index is 1.77. The molecule has 2 aliphatic rings. The molecule has 0 aliphatic carbocycles. The summed E-state index contributed by atoms with van der Waals surface area (Å²) >= 11 is 0. The molecule has 5 heteroatoms. The predicted octanol–water partition coefficient (Wildman–Crippen LogP) is -0.229. The maximum absolute atomic E-state index is 11.8. The minimum Gasteiger partial charge on any atom is -0.354 e. The van der Waals surface area contributed by atoms with Crippen molar-refractivity contribution in [1.29, 1.82) is 0 Å². The molecule has 2 heterocycles. The summed E-state index contributed by atoms with van der Waals surface area (Å²) in [5.74, 6) is -0.0474. The van der Waals surface area contributed by atoms with Gasteiger partial charge in [0.15, 0.2) is 0 Å². The first-order valence-corrected chi connectivity index (χ1v) is 6.37. The summed E-state index contributed by atoms with van der Waals surface area (Å²) in [5, 5.41) is 8.98. The third-order valence-corrected chi connectivity index (χ3v) is 3.81. The van der Waals surface area contributed by atoms with Crippen LogP contribution in [0, 0.1) is 5.41 Å². The van der Waals surface area contributed by atoms with E-state index in [0.717, 1.165) is 25.9 Å². The highest BCUT2D eigenvalue weighted by Crippen LogP contribution is 2.26. The van der Waals surface area contributed by atoms with E-state index in [1.54, 1.807) is 0 Å². The molecule has 5 nitrogen and oxygen atoms in total. The number of piperidine rings is 1. The van der Waals surface area contributed by atoms with E-state index in [-0.39, 0.29) is 23.3 Å². The summed E-state index contributed by atoms with van der Waals surface area (Å²) in [7, 11) is 0. The first-order valence-electron chi connectivity index (χ1n) is 6.37. The van der Waals surface area contributed by atoms with E-state index in [1.165, 1.54) is 0 Å². The smallest absolute Gasteiger partial charge is 0.242 e. The lowest BCUT2D eigenvalue weighted by Gasteiger charge is -2.34. The molecule has 2 rings (SSSR count). The fraction of sp³-hybridized carbons (Fsp3) is 0.833. The van der Waals surface area contributed by atoms with Crippen LogP contribution in [0.15, 0.2) is 0 Å². The summed E-state index contributed by atoms with van der Waals surface area (Å²) in [6.45, 7) is 4.96. The van der Waals surface area contributed by atoms with Gasteiger partial charge in [0, 0.05) is 13.0 Å². The van der Waals surface area contributed by atoms with Crippen LogP contribution >= 0.6 is 0 Å². The Morgan fingerprint density at radius 3 is 2.76 bits per heavy atom. The van der Waals surface area contributed by atoms with Crippen molar-refractivity contribution in [1.82, 2.24) is 16.0 Å². The highest BCUT2D eigenvalue weighted by molar-refractivity contribution is 5.90. The van der Waals surface area contributed by atoms with Gasteiger partial charge in [-0.15, -0.1) is 0 Å². The van der Waals surface area contributed by atoms with Crippen LogP contribution in [-0.2, 0) is 9.59 Å². The van der Waals surface area contributed by atoms with Crippen molar-refractivity contribution in [2.75, 3.05) is 19.6 Å². The highest BCUT2D eigenvalue weighted by atomic mass is 16.2. The van der Waals surface area contributed by atoms with Crippen molar-refractivity contribution in [2.24, 2.45) is 5.41 Å². The number of amides is 2. The summed E-state index contributed by atoms with van der Waals surface area (Å²) in [6.07, 6.45) is 3.27. The summed E-state index contributed by atoms with van der Waals surface area (Å²) in [6, 6.07) is -0.312. The summed E-state index contributed by atoms with van der Waals surface area (Å²) < 4.78 is 0. The Hall–Kier alpha value is -1.10. The van der Waals surface area contributed by atoms with E-state index in [2.05, 4.69) is 22.9 Å². The van der Waals surface area contributed by atoms with E-state index in [9.17, 15) is 9.59 Å².